The number of nitrogens with one attached hydrogen (secondary N) is 1. The SMILES string of the molecule is Cc1cc2n(n1)[C@@H](C(F)(F)F)C[C@@H](C1CCCN(C(=O)C3CCCO3)C1)N2. The number of rotatable bonds is 2. The number of alkyl halides is 3. The Bertz CT molecular complexity index is 699. The fourth-order valence-electron chi connectivity index (χ4n) is 4.55. The normalized spacial score (nSPS) is 31.5. The quantitative estimate of drug-likeness (QED) is 0.849. The highest BCUT2D eigenvalue weighted by atomic mass is 19.4. The molecular weight excluding hydrogens is 361 g/mol. The molecule has 1 aromatic rings. The summed E-state index contributed by atoms with van der Waals surface area (Å²) < 4.78 is 47.4. The van der Waals surface area contributed by atoms with Crippen molar-refractivity contribution in [3.05, 3.63) is 11.8 Å². The highest BCUT2D eigenvalue weighted by Gasteiger charge is 2.48. The van der Waals surface area contributed by atoms with Crippen LogP contribution in [0.25, 0.3) is 0 Å². The molecule has 9 heteroatoms. The molecule has 2 unspecified atom stereocenters. The summed E-state index contributed by atoms with van der Waals surface area (Å²) in [5, 5.41) is 7.28. The lowest BCUT2D eigenvalue weighted by Crippen LogP contribution is -2.51. The Morgan fingerprint density at radius 2 is 2.15 bits per heavy atom. The molecule has 6 nitrogen and oxygen atoms in total. The fraction of sp³-hybridized carbons (Fsp3) is 0.778. The van der Waals surface area contributed by atoms with Crippen LogP contribution in [0.1, 0.15) is 43.8 Å². The second-order valence-corrected chi connectivity index (χ2v) is 7.85. The molecule has 4 atom stereocenters. The topological polar surface area (TPSA) is 59.4 Å². The lowest BCUT2D eigenvalue weighted by Gasteiger charge is -2.42. The molecule has 3 aliphatic heterocycles. The number of piperidine rings is 1. The molecule has 2 fully saturated rings. The van der Waals surface area contributed by atoms with Gasteiger partial charge in [-0.2, -0.15) is 18.3 Å². The molecule has 2 saturated heterocycles. The molecule has 27 heavy (non-hydrogen) atoms. The third-order valence-electron chi connectivity index (χ3n) is 5.89. The molecule has 0 saturated carbocycles. The number of anilines is 1. The molecule has 0 aromatic carbocycles. The number of aryl methyl sites for hydroxylation is 1. The summed E-state index contributed by atoms with van der Waals surface area (Å²) in [6.45, 7) is 3.43. The molecule has 4 rings (SSSR count). The standard InChI is InChI=1S/C18H25F3N4O2/c1-11-8-16-22-13(9-15(18(19,20)21)25(16)23-11)12-4-2-6-24(10-12)17(26)14-5-3-7-27-14/h8,12-15,22H,2-7,9-10H2,1H3/t12?,13-,14?,15+/m0/s1. The van der Waals surface area contributed by atoms with Crippen LogP contribution in [0.4, 0.5) is 19.0 Å². The summed E-state index contributed by atoms with van der Waals surface area (Å²) >= 11 is 0. The largest absolute Gasteiger partial charge is 0.410 e. The number of nitrogens with zero attached hydrogens (tertiary/aromatic N) is 3. The van der Waals surface area contributed by atoms with Crippen LogP contribution in [0.5, 0.6) is 0 Å². The summed E-state index contributed by atoms with van der Waals surface area (Å²) in [4.78, 5) is 14.4. The Kier molecular flexibility index (Phi) is 4.82. The van der Waals surface area contributed by atoms with E-state index in [1.54, 1.807) is 17.9 Å². The van der Waals surface area contributed by atoms with Gasteiger partial charge >= 0.3 is 6.18 Å². The number of carbonyl (C=O) groups is 1. The number of amides is 1. The van der Waals surface area contributed by atoms with Crippen LogP contribution < -0.4 is 5.32 Å². The molecule has 1 aromatic heterocycles. The first-order chi connectivity index (χ1) is 12.8. The van der Waals surface area contributed by atoms with Crippen LogP contribution in [0, 0.1) is 12.8 Å². The van der Waals surface area contributed by atoms with E-state index in [4.69, 9.17) is 4.74 Å². The molecule has 0 bridgehead atoms. The molecule has 1 N–H and O–H groups in total. The Morgan fingerprint density at radius 1 is 1.33 bits per heavy atom. The molecule has 0 spiro atoms. The maximum atomic E-state index is 13.6. The van der Waals surface area contributed by atoms with E-state index < -0.39 is 12.2 Å². The van der Waals surface area contributed by atoms with E-state index in [-0.39, 0.29) is 30.4 Å². The number of hydrogen-bond donors (Lipinski definition) is 1. The van der Waals surface area contributed by atoms with E-state index in [9.17, 15) is 18.0 Å². The lowest BCUT2D eigenvalue weighted by atomic mass is 9.85. The number of ether oxygens (including phenoxy) is 1. The monoisotopic (exact) mass is 386 g/mol. The van der Waals surface area contributed by atoms with E-state index in [0.717, 1.165) is 30.4 Å². The van der Waals surface area contributed by atoms with Crippen LogP contribution in [-0.2, 0) is 9.53 Å². The number of hydrogen-bond acceptors (Lipinski definition) is 4. The van der Waals surface area contributed by atoms with Gasteiger partial charge in [0.25, 0.3) is 5.91 Å². The van der Waals surface area contributed by atoms with Crippen molar-refractivity contribution in [2.24, 2.45) is 5.92 Å². The first-order valence-corrected chi connectivity index (χ1v) is 9.62. The second kappa shape index (κ2) is 7.00. The highest BCUT2D eigenvalue weighted by Crippen LogP contribution is 2.42. The van der Waals surface area contributed by atoms with Crippen LogP contribution in [-0.4, -0.2) is 58.6 Å². The maximum Gasteiger partial charge on any atom is 0.410 e. The average Bonchev–Trinajstić information content (AvgIpc) is 3.28. The second-order valence-electron chi connectivity index (χ2n) is 7.85. The van der Waals surface area contributed by atoms with Crippen molar-refractivity contribution in [3.8, 4) is 0 Å². The van der Waals surface area contributed by atoms with Gasteiger partial charge in [0.2, 0.25) is 0 Å². The molecule has 150 valence electrons. The molecule has 4 heterocycles. The summed E-state index contributed by atoms with van der Waals surface area (Å²) in [5.41, 5.74) is 0.561. The van der Waals surface area contributed by atoms with Gasteiger partial charge in [-0.3, -0.25) is 4.79 Å². The Labute approximate surface area is 156 Å². The third kappa shape index (κ3) is 3.66. The van der Waals surface area contributed by atoms with Crippen LogP contribution in [0.3, 0.4) is 0 Å². The number of likely N-dealkylation sites (tertiary alicyclic amines) is 1. The summed E-state index contributed by atoms with van der Waals surface area (Å²) in [5.74, 6) is 0.382. The van der Waals surface area contributed by atoms with Crippen molar-refractivity contribution in [1.29, 1.82) is 0 Å². The van der Waals surface area contributed by atoms with Crippen molar-refractivity contribution >= 4 is 11.7 Å². The highest BCUT2D eigenvalue weighted by molar-refractivity contribution is 5.81. The van der Waals surface area contributed by atoms with Crippen molar-refractivity contribution in [2.45, 2.75) is 63.4 Å². The van der Waals surface area contributed by atoms with Crippen molar-refractivity contribution < 1.29 is 22.7 Å². The van der Waals surface area contributed by atoms with E-state index in [0.29, 0.717) is 31.2 Å². The summed E-state index contributed by atoms with van der Waals surface area (Å²) in [6, 6.07) is -0.305. The van der Waals surface area contributed by atoms with Gasteiger partial charge in [-0.05, 0) is 44.9 Å². The number of aromatic nitrogens is 2. The Balaban J connectivity index is 1.50. The first-order valence-electron chi connectivity index (χ1n) is 9.62. The fourth-order valence-corrected chi connectivity index (χ4v) is 4.55. The zero-order chi connectivity index (χ0) is 19.2. The predicted octanol–water partition coefficient (Wildman–Crippen LogP) is 2.90. The molecule has 0 radical (unpaired) electrons. The van der Waals surface area contributed by atoms with E-state index in [1.165, 1.54) is 0 Å². The first kappa shape index (κ1) is 18.6. The summed E-state index contributed by atoms with van der Waals surface area (Å²) in [6.07, 6.45) is -1.57. The zero-order valence-corrected chi connectivity index (χ0v) is 15.3. The molecule has 0 aliphatic carbocycles. The average molecular weight is 386 g/mol. The third-order valence-corrected chi connectivity index (χ3v) is 5.89. The van der Waals surface area contributed by atoms with Gasteiger partial charge in [0.15, 0.2) is 6.04 Å². The zero-order valence-electron chi connectivity index (χ0n) is 15.3. The van der Waals surface area contributed by atoms with E-state index >= 15 is 0 Å². The number of fused-ring (bicyclic) bond motifs is 1. The van der Waals surface area contributed by atoms with Gasteiger partial charge in [-0.15, -0.1) is 0 Å². The smallest absolute Gasteiger partial charge is 0.368 e. The minimum Gasteiger partial charge on any atom is -0.368 e. The maximum absolute atomic E-state index is 13.6. The molecular formula is C18H25F3N4O2. The minimum atomic E-state index is -4.35. The lowest BCUT2D eigenvalue weighted by molar-refractivity contribution is -0.175. The van der Waals surface area contributed by atoms with E-state index in [1.807, 2.05) is 0 Å². The van der Waals surface area contributed by atoms with Gasteiger partial charge in [0, 0.05) is 31.8 Å². The van der Waals surface area contributed by atoms with Gasteiger partial charge in [-0.25, -0.2) is 4.68 Å². The predicted molar refractivity (Wildman–Crippen MR) is 92.4 cm³/mol. The van der Waals surface area contributed by atoms with Crippen LogP contribution in [0.15, 0.2) is 6.07 Å². The van der Waals surface area contributed by atoms with Crippen molar-refractivity contribution in [1.82, 2.24) is 14.7 Å². The van der Waals surface area contributed by atoms with Gasteiger partial charge in [0.1, 0.15) is 11.9 Å². The van der Waals surface area contributed by atoms with E-state index in [2.05, 4.69) is 10.4 Å². The van der Waals surface area contributed by atoms with Gasteiger partial charge in [0.05, 0.1) is 5.69 Å². The van der Waals surface area contributed by atoms with Crippen LogP contribution >= 0.6 is 0 Å². The van der Waals surface area contributed by atoms with Crippen molar-refractivity contribution in [3.63, 3.8) is 0 Å². The van der Waals surface area contributed by atoms with Gasteiger partial charge in [-0.1, -0.05) is 0 Å². The minimum absolute atomic E-state index is 0.0127. The van der Waals surface area contributed by atoms with Crippen molar-refractivity contribution in [2.75, 3.05) is 25.0 Å². The van der Waals surface area contributed by atoms with Gasteiger partial charge < -0.3 is 15.0 Å². The van der Waals surface area contributed by atoms with Crippen LogP contribution in [0.2, 0.25) is 0 Å². The number of carbonyl (C=O) groups excluding carboxylic acids is 1. The summed E-state index contributed by atoms with van der Waals surface area (Å²) in [7, 11) is 0. The Morgan fingerprint density at radius 3 is 2.85 bits per heavy atom. The Hall–Kier alpha value is -1.77. The molecule has 3 aliphatic rings. The molecule has 1 amide bonds. The number of halogens is 3.